The molecule has 0 fully saturated rings. The van der Waals surface area contributed by atoms with Crippen LogP contribution >= 0.6 is 0 Å². The van der Waals surface area contributed by atoms with Crippen LogP contribution in [-0.4, -0.2) is 73.9 Å². The third kappa shape index (κ3) is 14.1. The van der Waals surface area contributed by atoms with Crippen LogP contribution in [0.4, 0.5) is 0 Å². The molecule has 0 bridgehead atoms. The van der Waals surface area contributed by atoms with Gasteiger partial charge in [-0.3, -0.25) is 28.8 Å². The van der Waals surface area contributed by atoms with Crippen LogP contribution in [0.15, 0.2) is 36.4 Å². The first-order valence-corrected chi connectivity index (χ1v) is 15.4. The second-order valence-corrected chi connectivity index (χ2v) is 10.8. The molecule has 2 aromatic rings. The van der Waals surface area contributed by atoms with Crippen LogP contribution in [0.5, 0.6) is 23.0 Å². The van der Waals surface area contributed by atoms with E-state index in [0.717, 1.165) is 14.2 Å². The summed E-state index contributed by atoms with van der Waals surface area (Å²) >= 11 is 0. The van der Waals surface area contributed by atoms with Gasteiger partial charge in [-0.2, -0.15) is 0 Å². The molecule has 2 aromatic carbocycles. The molecule has 0 spiro atoms. The fourth-order valence-electron chi connectivity index (χ4n) is 4.55. The second kappa shape index (κ2) is 19.9. The fourth-order valence-corrected chi connectivity index (χ4v) is 4.55. The van der Waals surface area contributed by atoms with Gasteiger partial charge < -0.3 is 39.1 Å². The highest BCUT2D eigenvalue weighted by Gasteiger charge is 2.25. The number of benzene rings is 2. The molecule has 2 amide bonds. The molecule has 0 saturated heterocycles. The average molecular weight is 701 g/mol. The van der Waals surface area contributed by atoms with Gasteiger partial charge in [-0.1, -0.05) is 12.1 Å². The van der Waals surface area contributed by atoms with Crippen LogP contribution in [-0.2, 0) is 60.7 Å². The van der Waals surface area contributed by atoms with E-state index in [1.165, 1.54) is 64.1 Å². The number of amides is 2. The van der Waals surface area contributed by atoms with Crippen LogP contribution in [0.3, 0.4) is 0 Å². The lowest BCUT2D eigenvalue weighted by molar-refractivity contribution is -0.145. The van der Waals surface area contributed by atoms with Gasteiger partial charge in [0.2, 0.25) is 11.8 Å². The van der Waals surface area contributed by atoms with Crippen molar-refractivity contribution in [2.24, 2.45) is 0 Å². The van der Waals surface area contributed by atoms with Crippen molar-refractivity contribution in [2.45, 2.75) is 78.3 Å². The van der Waals surface area contributed by atoms with Crippen LogP contribution < -0.4 is 29.6 Å². The Bertz CT molecular complexity index is 1480. The van der Waals surface area contributed by atoms with E-state index in [9.17, 15) is 38.4 Å². The van der Waals surface area contributed by atoms with Gasteiger partial charge in [-0.25, -0.2) is 9.59 Å². The van der Waals surface area contributed by atoms with Crippen molar-refractivity contribution in [1.29, 1.82) is 0 Å². The molecule has 2 rings (SSSR count). The van der Waals surface area contributed by atoms with Gasteiger partial charge in [0.05, 0.1) is 14.2 Å². The van der Waals surface area contributed by atoms with E-state index in [0.29, 0.717) is 11.1 Å². The Kier molecular flexibility index (Phi) is 16.1. The van der Waals surface area contributed by atoms with Crippen LogP contribution in [0.1, 0.15) is 64.5 Å². The van der Waals surface area contributed by atoms with Crippen LogP contribution in [0.2, 0.25) is 0 Å². The standard InChI is InChI=1S/C34H40N2O14/c1-19(37)47-27-13-11-23(17-29(27)49-21(3)39)15-25(33(43)45-5)35-31(41)9-7-8-10-32(42)36-26(34(44)46-6)16-24-12-14-28(48-20(2)38)30(18-24)50-22(4)40/h11-14,17-18,25-26H,7-10,15-16H2,1-6H3,(H,35,41)(H,36,42)/t25-,26-/m0/s1. The molecule has 0 radical (unpaired) electrons. The number of methoxy groups -OCH3 is 2. The summed E-state index contributed by atoms with van der Waals surface area (Å²) in [4.78, 5) is 96.2. The molecule has 2 atom stereocenters. The van der Waals surface area contributed by atoms with Gasteiger partial charge in [0.1, 0.15) is 12.1 Å². The third-order valence-electron chi connectivity index (χ3n) is 6.61. The molecule has 0 heterocycles. The maximum absolute atomic E-state index is 12.7. The predicted octanol–water partition coefficient (Wildman–Crippen LogP) is 2.05. The van der Waals surface area contributed by atoms with Crippen molar-refractivity contribution in [3.63, 3.8) is 0 Å². The minimum Gasteiger partial charge on any atom is -0.467 e. The van der Waals surface area contributed by atoms with Crippen molar-refractivity contribution in [3.8, 4) is 23.0 Å². The summed E-state index contributed by atoms with van der Waals surface area (Å²) in [5, 5.41) is 5.19. The van der Waals surface area contributed by atoms with Crippen LogP contribution in [0.25, 0.3) is 0 Å². The number of unbranched alkanes of at least 4 members (excludes halogenated alkanes) is 1. The third-order valence-corrected chi connectivity index (χ3v) is 6.61. The maximum Gasteiger partial charge on any atom is 0.328 e. The van der Waals surface area contributed by atoms with E-state index in [1.807, 2.05) is 0 Å². The van der Waals surface area contributed by atoms with E-state index >= 15 is 0 Å². The molecule has 50 heavy (non-hydrogen) atoms. The Morgan fingerprint density at radius 3 is 1.14 bits per heavy atom. The summed E-state index contributed by atoms with van der Waals surface area (Å²) in [6.07, 6.45) is 0.344. The molecular weight excluding hydrogens is 660 g/mol. The Labute approximate surface area is 288 Å². The van der Waals surface area contributed by atoms with Gasteiger partial charge in [0, 0.05) is 53.4 Å². The van der Waals surface area contributed by atoms with Crippen molar-refractivity contribution >= 4 is 47.6 Å². The predicted molar refractivity (Wildman–Crippen MR) is 172 cm³/mol. The minimum atomic E-state index is -1.11. The lowest BCUT2D eigenvalue weighted by Crippen LogP contribution is -2.43. The van der Waals surface area contributed by atoms with Crippen molar-refractivity contribution in [3.05, 3.63) is 47.5 Å². The van der Waals surface area contributed by atoms with Crippen molar-refractivity contribution < 1.29 is 66.8 Å². The quantitative estimate of drug-likeness (QED) is 0.137. The molecule has 0 aromatic heterocycles. The number of carbonyl (C=O) groups excluding carboxylic acids is 8. The second-order valence-electron chi connectivity index (χ2n) is 10.8. The molecule has 0 aliphatic rings. The van der Waals surface area contributed by atoms with E-state index < -0.39 is 59.7 Å². The number of hydrogen-bond acceptors (Lipinski definition) is 14. The summed E-state index contributed by atoms with van der Waals surface area (Å²) < 4.78 is 30.0. The smallest absolute Gasteiger partial charge is 0.328 e. The summed E-state index contributed by atoms with van der Waals surface area (Å²) in [5.41, 5.74) is 0.931. The highest BCUT2D eigenvalue weighted by Crippen LogP contribution is 2.30. The van der Waals surface area contributed by atoms with Crippen molar-refractivity contribution in [1.82, 2.24) is 10.6 Å². The highest BCUT2D eigenvalue weighted by molar-refractivity contribution is 5.86. The molecule has 16 nitrogen and oxygen atoms in total. The van der Waals surface area contributed by atoms with Crippen molar-refractivity contribution in [2.75, 3.05) is 14.2 Å². The number of esters is 6. The van der Waals surface area contributed by atoms with Gasteiger partial charge in [-0.05, 0) is 48.2 Å². The number of carbonyl (C=O) groups is 8. The van der Waals surface area contributed by atoms with Gasteiger partial charge >= 0.3 is 35.8 Å². The minimum absolute atomic E-state index is 0.000331. The van der Waals surface area contributed by atoms with Gasteiger partial charge in [0.15, 0.2) is 23.0 Å². The van der Waals surface area contributed by atoms with Crippen LogP contribution in [0, 0.1) is 0 Å². The Hall–Kier alpha value is -5.80. The first kappa shape index (κ1) is 40.4. The Morgan fingerprint density at radius 1 is 0.520 bits per heavy atom. The molecule has 0 saturated carbocycles. The Balaban J connectivity index is 1.98. The highest BCUT2D eigenvalue weighted by atomic mass is 16.6. The zero-order valence-electron chi connectivity index (χ0n) is 28.6. The van der Waals surface area contributed by atoms with E-state index in [1.54, 1.807) is 0 Å². The average Bonchev–Trinajstić information content (AvgIpc) is 3.03. The summed E-state index contributed by atoms with van der Waals surface area (Å²) in [6, 6.07) is 6.44. The van der Waals surface area contributed by atoms with Gasteiger partial charge in [-0.15, -0.1) is 0 Å². The fraction of sp³-hybridized carbons (Fsp3) is 0.412. The Morgan fingerprint density at radius 2 is 0.840 bits per heavy atom. The normalized spacial score (nSPS) is 11.6. The number of hydrogen-bond donors (Lipinski definition) is 2. The first-order chi connectivity index (χ1) is 23.6. The summed E-state index contributed by atoms with van der Waals surface area (Å²) in [5.74, 6) is -5.13. The molecule has 2 N–H and O–H groups in total. The molecule has 16 heteroatoms. The van der Waals surface area contributed by atoms with E-state index in [2.05, 4.69) is 10.6 Å². The van der Waals surface area contributed by atoms with E-state index in [4.69, 9.17) is 28.4 Å². The first-order valence-electron chi connectivity index (χ1n) is 15.4. The maximum atomic E-state index is 12.7. The molecule has 270 valence electrons. The lowest BCUT2D eigenvalue weighted by Gasteiger charge is -2.18. The molecule has 0 unspecified atom stereocenters. The number of rotatable bonds is 17. The molecule has 0 aliphatic heterocycles. The zero-order chi connectivity index (χ0) is 37.4. The zero-order valence-corrected chi connectivity index (χ0v) is 28.6. The molecule has 0 aliphatic carbocycles. The lowest BCUT2D eigenvalue weighted by atomic mass is 10.0. The largest absolute Gasteiger partial charge is 0.467 e. The number of nitrogens with one attached hydrogen (secondary N) is 2. The topological polar surface area (TPSA) is 216 Å². The number of ether oxygens (including phenoxy) is 6. The SMILES string of the molecule is COC(=O)[C@H](Cc1ccc(OC(C)=O)c(OC(C)=O)c1)NC(=O)CCCCC(=O)N[C@@H](Cc1ccc(OC(C)=O)c(OC(C)=O)c1)C(=O)OC. The van der Waals surface area contributed by atoms with E-state index in [-0.39, 0.29) is 61.5 Å². The monoisotopic (exact) mass is 700 g/mol. The van der Waals surface area contributed by atoms with Gasteiger partial charge in [0.25, 0.3) is 0 Å². The molecular formula is C34H40N2O14. The summed E-state index contributed by atoms with van der Waals surface area (Å²) in [7, 11) is 2.32. The summed E-state index contributed by atoms with van der Waals surface area (Å²) in [6.45, 7) is 4.70.